The van der Waals surface area contributed by atoms with Gasteiger partial charge in [-0.3, -0.25) is 4.68 Å². The topological polar surface area (TPSA) is 81.8 Å². The monoisotopic (exact) mass is 349 g/mol. The zero-order valence-corrected chi connectivity index (χ0v) is 14.0. The van der Waals surface area contributed by atoms with Crippen LogP contribution in [0.1, 0.15) is 5.69 Å². The predicted octanol–water partition coefficient (Wildman–Crippen LogP) is 1.38. The van der Waals surface area contributed by atoms with Crippen LogP contribution in [-0.2, 0) is 23.6 Å². The van der Waals surface area contributed by atoms with Crippen molar-refractivity contribution in [3.8, 4) is 11.4 Å². The van der Waals surface area contributed by atoms with Gasteiger partial charge in [-0.25, -0.2) is 13.3 Å². The first-order valence-electron chi connectivity index (χ1n) is 7.16. The molecule has 9 heteroatoms. The third-order valence-corrected chi connectivity index (χ3v) is 5.22. The number of nitrogens with one attached hydrogen (secondary N) is 1. The highest BCUT2D eigenvalue weighted by Gasteiger charge is 2.26. The van der Waals surface area contributed by atoms with Crippen LogP contribution >= 0.6 is 0 Å². The van der Waals surface area contributed by atoms with Gasteiger partial charge in [-0.1, -0.05) is 12.1 Å². The third kappa shape index (κ3) is 2.72. The van der Waals surface area contributed by atoms with Gasteiger partial charge in [-0.2, -0.15) is 13.5 Å². The van der Waals surface area contributed by atoms with Crippen molar-refractivity contribution in [2.24, 2.45) is 7.05 Å². The molecule has 0 aliphatic rings. The molecule has 0 bridgehead atoms. The maximum atomic E-state index is 14.2. The second-order valence-corrected chi connectivity index (χ2v) is 6.92. The van der Waals surface area contributed by atoms with Crippen LogP contribution in [0.2, 0.25) is 0 Å². The van der Waals surface area contributed by atoms with Gasteiger partial charge in [0.25, 0.3) is 10.0 Å². The molecular weight excluding hydrogens is 333 g/mol. The third-order valence-electron chi connectivity index (χ3n) is 3.50. The summed E-state index contributed by atoms with van der Waals surface area (Å²) in [5.74, 6) is -0.514. The Kier molecular flexibility index (Phi) is 4.20. The lowest BCUT2D eigenvalue weighted by Crippen LogP contribution is -2.17. The summed E-state index contributed by atoms with van der Waals surface area (Å²) in [5, 5.41) is 6.79. The Bertz CT molecular complexity index is 977. The molecule has 0 fully saturated rings. The van der Waals surface area contributed by atoms with E-state index < -0.39 is 15.8 Å². The van der Waals surface area contributed by atoms with E-state index in [4.69, 9.17) is 0 Å². The summed E-state index contributed by atoms with van der Waals surface area (Å²) < 4.78 is 42.3. The van der Waals surface area contributed by atoms with Gasteiger partial charge in [0, 0.05) is 19.8 Å². The minimum absolute atomic E-state index is 0.00602. The van der Waals surface area contributed by atoms with Crippen LogP contribution < -0.4 is 5.32 Å². The fourth-order valence-corrected chi connectivity index (χ4v) is 3.84. The number of hydrogen-bond acceptors (Lipinski definition) is 5. The molecule has 3 aromatic rings. The number of imidazole rings is 1. The maximum Gasteiger partial charge on any atom is 0.286 e. The molecule has 126 valence electrons. The number of aryl methyl sites for hydroxylation is 1. The summed E-state index contributed by atoms with van der Waals surface area (Å²) in [6, 6.07) is 7.32. The lowest BCUT2D eigenvalue weighted by atomic mass is 10.2. The van der Waals surface area contributed by atoms with E-state index in [2.05, 4.69) is 15.4 Å². The van der Waals surface area contributed by atoms with Crippen molar-refractivity contribution in [1.29, 1.82) is 0 Å². The standard InChI is InChI=1S/C15H16FN5O2S/c1-17-9-11-10-21(24(22,23)14-7-8-18-20(14)2)15(19-11)12-5-3-4-6-13(12)16/h3-8,10,17H,9H2,1-2H3. The molecule has 0 aliphatic heterocycles. The highest BCUT2D eigenvalue weighted by Crippen LogP contribution is 2.26. The molecule has 2 heterocycles. The van der Waals surface area contributed by atoms with Crippen molar-refractivity contribution in [2.45, 2.75) is 11.6 Å². The Balaban J connectivity index is 2.24. The van der Waals surface area contributed by atoms with E-state index in [0.717, 1.165) is 3.97 Å². The van der Waals surface area contributed by atoms with Crippen molar-refractivity contribution in [1.82, 2.24) is 24.1 Å². The van der Waals surface area contributed by atoms with Crippen LogP contribution in [0.15, 0.2) is 47.8 Å². The van der Waals surface area contributed by atoms with Crippen LogP contribution in [0.3, 0.4) is 0 Å². The summed E-state index contributed by atoms with van der Waals surface area (Å²) in [6.07, 6.45) is 2.78. The first-order chi connectivity index (χ1) is 11.4. The summed E-state index contributed by atoms with van der Waals surface area (Å²) in [5.41, 5.74) is 0.604. The molecule has 0 radical (unpaired) electrons. The molecule has 24 heavy (non-hydrogen) atoms. The molecule has 0 amide bonds. The molecule has 3 rings (SSSR count). The summed E-state index contributed by atoms with van der Waals surface area (Å²) in [6.45, 7) is 0.357. The van der Waals surface area contributed by atoms with E-state index in [0.29, 0.717) is 12.2 Å². The molecule has 0 aliphatic carbocycles. The van der Waals surface area contributed by atoms with E-state index in [1.165, 1.54) is 48.4 Å². The van der Waals surface area contributed by atoms with Crippen LogP contribution in [0.25, 0.3) is 11.4 Å². The van der Waals surface area contributed by atoms with E-state index in [1.54, 1.807) is 13.1 Å². The maximum absolute atomic E-state index is 14.2. The van der Waals surface area contributed by atoms with E-state index >= 15 is 0 Å². The highest BCUT2D eigenvalue weighted by molar-refractivity contribution is 7.90. The minimum Gasteiger partial charge on any atom is -0.314 e. The largest absolute Gasteiger partial charge is 0.314 e. The molecule has 0 spiro atoms. The molecule has 0 unspecified atom stereocenters. The smallest absolute Gasteiger partial charge is 0.286 e. The minimum atomic E-state index is -3.96. The van der Waals surface area contributed by atoms with Crippen LogP contribution in [0.4, 0.5) is 4.39 Å². The Morgan fingerprint density at radius 1 is 1.25 bits per heavy atom. The van der Waals surface area contributed by atoms with Gasteiger partial charge >= 0.3 is 0 Å². The quantitative estimate of drug-likeness (QED) is 0.752. The van der Waals surface area contributed by atoms with Gasteiger partial charge in [0.15, 0.2) is 10.9 Å². The fourth-order valence-electron chi connectivity index (χ4n) is 2.40. The molecule has 1 aromatic carbocycles. The molecular formula is C15H16FN5O2S. The van der Waals surface area contributed by atoms with Crippen LogP contribution in [-0.4, -0.2) is 34.2 Å². The Morgan fingerprint density at radius 2 is 2.00 bits per heavy atom. The van der Waals surface area contributed by atoms with Crippen molar-refractivity contribution in [3.05, 3.63) is 54.2 Å². The highest BCUT2D eigenvalue weighted by atomic mass is 32.2. The van der Waals surface area contributed by atoms with E-state index in [9.17, 15) is 12.8 Å². The Hall–Kier alpha value is -2.52. The van der Waals surface area contributed by atoms with E-state index in [1.807, 2.05) is 0 Å². The van der Waals surface area contributed by atoms with Gasteiger partial charge in [0.2, 0.25) is 0 Å². The van der Waals surface area contributed by atoms with Crippen molar-refractivity contribution < 1.29 is 12.8 Å². The molecule has 2 aromatic heterocycles. The van der Waals surface area contributed by atoms with Crippen molar-refractivity contribution in [3.63, 3.8) is 0 Å². The van der Waals surface area contributed by atoms with Gasteiger partial charge in [-0.15, -0.1) is 0 Å². The Morgan fingerprint density at radius 3 is 2.62 bits per heavy atom. The summed E-state index contributed by atoms with van der Waals surface area (Å²) in [7, 11) is -0.711. The van der Waals surface area contributed by atoms with Gasteiger partial charge in [-0.05, 0) is 25.2 Å². The Labute approximate surface area is 138 Å². The molecule has 7 nitrogen and oxygen atoms in total. The zero-order valence-electron chi connectivity index (χ0n) is 13.1. The predicted molar refractivity (Wildman–Crippen MR) is 86.2 cm³/mol. The molecule has 0 saturated carbocycles. The zero-order chi connectivity index (χ0) is 17.3. The normalized spacial score (nSPS) is 11.8. The van der Waals surface area contributed by atoms with Crippen LogP contribution in [0, 0.1) is 5.82 Å². The number of halogens is 1. The molecule has 0 atom stereocenters. The van der Waals surface area contributed by atoms with E-state index in [-0.39, 0.29) is 16.4 Å². The van der Waals surface area contributed by atoms with Gasteiger partial charge < -0.3 is 5.32 Å². The first kappa shape index (κ1) is 16.3. The molecule has 0 saturated heterocycles. The second kappa shape index (κ2) is 6.17. The SMILES string of the molecule is CNCc1cn(S(=O)(=O)c2ccnn2C)c(-c2ccccc2F)n1. The number of aromatic nitrogens is 4. The van der Waals surface area contributed by atoms with Crippen molar-refractivity contribution >= 4 is 10.0 Å². The molecule has 1 N–H and O–H groups in total. The number of nitrogens with zero attached hydrogens (tertiary/aromatic N) is 4. The average molecular weight is 349 g/mol. The number of hydrogen-bond donors (Lipinski definition) is 1. The number of rotatable bonds is 5. The fraction of sp³-hybridized carbons (Fsp3) is 0.200. The lowest BCUT2D eigenvalue weighted by Gasteiger charge is -2.09. The lowest BCUT2D eigenvalue weighted by molar-refractivity contribution is 0.568. The van der Waals surface area contributed by atoms with Crippen LogP contribution in [0.5, 0.6) is 0 Å². The summed E-state index contributed by atoms with van der Waals surface area (Å²) >= 11 is 0. The second-order valence-electron chi connectivity index (χ2n) is 5.16. The summed E-state index contributed by atoms with van der Waals surface area (Å²) in [4.78, 5) is 4.29. The first-order valence-corrected chi connectivity index (χ1v) is 8.60. The average Bonchev–Trinajstić information content (AvgIpc) is 3.15. The van der Waals surface area contributed by atoms with Gasteiger partial charge in [0.1, 0.15) is 5.82 Å². The van der Waals surface area contributed by atoms with Crippen molar-refractivity contribution in [2.75, 3.05) is 7.05 Å². The number of benzene rings is 1. The van der Waals surface area contributed by atoms with Gasteiger partial charge in [0.05, 0.1) is 17.5 Å².